The smallest absolute Gasteiger partial charge is 0.145 e. The van der Waals surface area contributed by atoms with Gasteiger partial charge in [0.05, 0.1) is 22.1 Å². The summed E-state index contributed by atoms with van der Waals surface area (Å²) in [5.74, 6) is 1.85. The molecule has 2 heterocycles. The van der Waals surface area contributed by atoms with E-state index in [2.05, 4.69) is 311 Å². The minimum Gasteiger partial charge on any atom is -0.311 e. The topological polar surface area (TPSA) is 38.9 Å². The van der Waals surface area contributed by atoms with Gasteiger partial charge in [0.2, 0.25) is 0 Å². The average Bonchev–Trinajstić information content (AvgIpc) is 4.14. The Labute approximate surface area is 459 Å². The summed E-state index contributed by atoms with van der Waals surface area (Å²) in [5, 5.41) is 0. The molecule has 0 unspecified atom stereocenters. The molecule has 0 aliphatic rings. The van der Waals surface area contributed by atoms with Crippen LogP contribution in [0.15, 0.2) is 309 Å². The minimum atomic E-state index is 0.923. The van der Waals surface area contributed by atoms with Gasteiger partial charge in [-0.05, 0) is 153 Å². The van der Waals surface area contributed by atoms with Crippen molar-refractivity contribution in [2.75, 3.05) is 4.90 Å². The fourth-order valence-electron chi connectivity index (χ4n) is 11.0. The average molecular weight is 1010 g/mol. The predicted molar refractivity (Wildman–Crippen MR) is 328 cm³/mol. The summed E-state index contributed by atoms with van der Waals surface area (Å²) in [4.78, 5) is 12.8. The standard InChI is InChI=1S/C74H51N5/c1-6-18-52(19-7-1)53-32-40-66(41-33-53)77(67-42-34-54(35-43-67)58-24-16-26-60(48-58)62-38-46-71-69(50-62)75-73(56-20-8-2-9-21-56)78(71)64-28-12-4-13-29-64)68-44-36-55(37-45-68)59-25-17-27-61(49-59)63-39-47-72-70(51-63)76-74(57-22-10-3-11-23-57)79(72)65-30-14-5-15-31-65/h1-51H. The molecule has 12 aromatic carbocycles. The molecule has 14 rings (SSSR count). The highest BCUT2D eigenvalue weighted by Crippen LogP contribution is 2.40. The van der Waals surface area contributed by atoms with Crippen LogP contribution < -0.4 is 4.90 Å². The first-order chi connectivity index (χ1) is 39.1. The molecule has 0 saturated carbocycles. The van der Waals surface area contributed by atoms with Crippen molar-refractivity contribution >= 4 is 39.1 Å². The van der Waals surface area contributed by atoms with Gasteiger partial charge in [0.25, 0.3) is 0 Å². The number of rotatable bonds is 12. The molecule has 14 aromatic rings. The normalized spacial score (nSPS) is 11.3. The zero-order chi connectivity index (χ0) is 52.5. The number of hydrogen-bond donors (Lipinski definition) is 0. The lowest BCUT2D eigenvalue weighted by molar-refractivity contribution is 1.10. The molecule has 0 radical (unpaired) electrons. The molecule has 0 atom stereocenters. The molecular weight excluding hydrogens is 959 g/mol. The van der Waals surface area contributed by atoms with Crippen LogP contribution in [0.25, 0.3) is 112 Å². The maximum atomic E-state index is 5.24. The van der Waals surface area contributed by atoms with Crippen LogP contribution in [0.3, 0.4) is 0 Å². The molecule has 0 saturated heterocycles. The Morgan fingerprint density at radius 1 is 0.215 bits per heavy atom. The monoisotopic (exact) mass is 1010 g/mol. The van der Waals surface area contributed by atoms with Crippen molar-refractivity contribution < 1.29 is 0 Å². The molecule has 0 aliphatic carbocycles. The van der Waals surface area contributed by atoms with Crippen molar-refractivity contribution in [2.45, 2.75) is 0 Å². The molecule has 5 heteroatoms. The summed E-state index contributed by atoms with van der Waals surface area (Å²) in [6.07, 6.45) is 0. The van der Waals surface area contributed by atoms with E-state index in [0.717, 1.165) is 118 Å². The zero-order valence-corrected chi connectivity index (χ0v) is 43.2. The molecule has 79 heavy (non-hydrogen) atoms. The second-order valence-corrected chi connectivity index (χ2v) is 19.9. The first-order valence-electron chi connectivity index (χ1n) is 26.8. The Kier molecular flexibility index (Phi) is 12.2. The van der Waals surface area contributed by atoms with Gasteiger partial charge >= 0.3 is 0 Å². The summed E-state index contributed by atoms with van der Waals surface area (Å²) in [6, 6.07) is 110. The van der Waals surface area contributed by atoms with E-state index in [-0.39, 0.29) is 0 Å². The van der Waals surface area contributed by atoms with E-state index in [0.29, 0.717) is 0 Å². The van der Waals surface area contributed by atoms with E-state index in [9.17, 15) is 0 Å². The van der Waals surface area contributed by atoms with Gasteiger partial charge in [-0.25, -0.2) is 9.97 Å². The number of imidazole rings is 2. The molecule has 0 amide bonds. The van der Waals surface area contributed by atoms with Gasteiger partial charge in [-0.2, -0.15) is 0 Å². The van der Waals surface area contributed by atoms with Gasteiger partial charge in [-0.15, -0.1) is 0 Å². The van der Waals surface area contributed by atoms with Crippen LogP contribution in [0.2, 0.25) is 0 Å². The molecule has 0 bridgehead atoms. The highest BCUT2D eigenvalue weighted by molar-refractivity contribution is 5.90. The molecule has 0 fully saturated rings. The van der Waals surface area contributed by atoms with Crippen LogP contribution in [-0.4, -0.2) is 19.1 Å². The maximum Gasteiger partial charge on any atom is 0.145 e. The van der Waals surface area contributed by atoms with Crippen LogP contribution in [0.1, 0.15) is 0 Å². The molecular formula is C74H51N5. The van der Waals surface area contributed by atoms with Crippen molar-refractivity contribution in [2.24, 2.45) is 0 Å². The zero-order valence-electron chi connectivity index (χ0n) is 43.2. The van der Waals surface area contributed by atoms with Crippen molar-refractivity contribution in [3.05, 3.63) is 309 Å². The van der Waals surface area contributed by atoms with Crippen LogP contribution in [0.4, 0.5) is 17.1 Å². The van der Waals surface area contributed by atoms with Gasteiger partial charge in [0.1, 0.15) is 11.6 Å². The van der Waals surface area contributed by atoms with Crippen LogP contribution in [0, 0.1) is 0 Å². The van der Waals surface area contributed by atoms with E-state index in [1.54, 1.807) is 0 Å². The lowest BCUT2D eigenvalue weighted by Crippen LogP contribution is -2.09. The van der Waals surface area contributed by atoms with Crippen LogP contribution in [0.5, 0.6) is 0 Å². The Balaban J connectivity index is 0.773. The van der Waals surface area contributed by atoms with Crippen molar-refractivity contribution in [1.29, 1.82) is 0 Å². The van der Waals surface area contributed by atoms with Crippen molar-refractivity contribution in [3.63, 3.8) is 0 Å². The van der Waals surface area contributed by atoms with Gasteiger partial charge in [0.15, 0.2) is 0 Å². The Morgan fingerprint density at radius 3 is 0.848 bits per heavy atom. The number of fused-ring (bicyclic) bond motifs is 2. The van der Waals surface area contributed by atoms with Crippen LogP contribution >= 0.6 is 0 Å². The predicted octanol–water partition coefficient (Wildman–Crippen LogP) is 19.5. The minimum absolute atomic E-state index is 0.923. The summed E-state index contributed by atoms with van der Waals surface area (Å²) in [7, 11) is 0. The molecule has 2 aromatic heterocycles. The van der Waals surface area contributed by atoms with Gasteiger partial charge in [-0.1, -0.05) is 212 Å². The van der Waals surface area contributed by atoms with Crippen LogP contribution in [-0.2, 0) is 0 Å². The second-order valence-electron chi connectivity index (χ2n) is 19.9. The largest absolute Gasteiger partial charge is 0.311 e. The number of aromatic nitrogens is 4. The summed E-state index contributed by atoms with van der Waals surface area (Å²) >= 11 is 0. The molecule has 372 valence electrons. The molecule has 5 nitrogen and oxygen atoms in total. The lowest BCUT2D eigenvalue weighted by Gasteiger charge is -2.26. The second kappa shape index (κ2) is 20.5. The third-order valence-electron chi connectivity index (χ3n) is 14.9. The Morgan fingerprint density at radius 2 is 0.481 bits per heavy atom. The summed E-state index contributed by atoms with van der Waals surface area (Å²) in [6.45, 7) is 0. The third kappa shape index (κ3) is 9.15. The Bertz CT molecular complexity index is 4170. The third-order valence-corrected chi connectivity index (χ3v) is 14.9. The van der Waals surface area contributed by atoms with Gasteiger partial charge in [0, 0.05) is 39.6 Å². The summed E-state index contributed by atoms with van der Waals surface area (Å²) in [5.41, 5.74) is 23.0. The van der Waals surface area contributed by atoms with Crippen molar-refractivity contribution in [3.8, 4) is 89.8 Å². The first kappa shape index (κ1) is 46.9. The Hall–Kier alpha value is -10.6. The number of hydrogen-bond acceptors (Lipinski definition) is 3. The number of benzene rings is 12. The fourth-order valence-corrected chi connectivity index (χ4v) is 11.0. The highest BCUT2D eigenvalue weighted by Gasteiger charge is 2.19. The van der Waals surface area contributed by atoms with E-state index < -0.39 is 0 Å². The maximum absolute atomic E-state index is 5.24. The summed E-state index contributed by atoms with van der Waals surface area (Å²) < 4.78 is 4.52. The van der Waals surface area contributed by atoms with Gasteiger partial charge in [-0.3, -0.25) is 9.13 Å². The fraction of sp³-hybridized carbons (Fsp3) is 0. The quantitative estimate of drug-likeness (QED) is 0.122. The number of para-hydroxylation sites is 2. The van der Waals surface area contributed by atoms with E-state index in [1.807, 2.05) is 12.1 Å². The molecule has 0 aliphatic heterocycles. The molecule has 0 spiro atoms. The SMILES string of the molecule is c1ccc(-c2ccc(N(c3ccc(-c4cccc(-c5ccc6c(c5)nc(-c5ccccc5)n6-c5ccccc5)c4)cc3)c3ccc(-c4cccc(-c5ccc6c(c5)nc(-c5ccccc5)n6-c5ccccc5)c4)cc3)cc2)cc1. The molecule has 0 N–H and O–H groups in total. The van der Waals surface area contributed by atoms with Crippen molar-refractivity contribution in [1.82, 2.24) is 19.1 Å². The van der Waals surface area contributed by atoms with E-state index >= 15 is 0 Å². The first-order valence-corrected chi connectivity index (χ1v) is 26.8. The van der Waals surface area contributed by atoms with E-state index in [4.69, 9.17) is 9.97 Å². The number of nitrogens with zero attached hydrogens (tertiary/aromatic N) is 5. The van der Waals surface area contributed by atoms with Gasteiger partial charge < -0.3 is 4.90 Å². The lowest BCUT2D eigenvalue weighted by atomic mass is 9.98. The van der Waals surface area contributed by atoms with E-state index in [1.165, 1.54) is 11.1 Å². The number of anilines is 3. The highest BCUT2D eigenvalue weighted by atomic mass is 15.1.